The molecule has 114 valence electrons. The van der Waals surface area contributed by atoms with E-state index < -0.39 is 10.3 Å². The van der Waals surface area contributed by atoms with Gasteiger partial charge in [-0.15, -0.1) is 0 Å². The van der Waals surface area contributed by atoms with E-state index in [9.17, 15) is 8.42 Å². The molecule has 22 heavy (non-hydrogen) atoms. The predicted octanol–water partition coefficient (Wildman–Crippen LogP) is 1.78. The minimum Gasteiger partial charge on any atom is -0.371 e. The first-order chi connectivity index (χ1) is 10.4. The Morgan fingerprint density at radius 3 is 2.23 bits per heavy atom. The van der Waals surface area contributed by atoms with E-state index in [0.29, 0.717) is 12.1 Å². The second-order valence-electron chi connectivity index (χ2n) is 4.73. The van der Waals surface area contributed by atoms with E-state index in [-0.39, 0.29) is 5.75 Å². The summed E-state index contributed by atoms with van der Waals surface area (Å²) in [5, 5.41) is 13.6. The molecule has 0 amide bonds. The molecule has 2 aromatic carbocycles. The first-order valence-corrected chi connectivity index (χ1v) is 7.87. The van der Waals surface area contributed by atoms with Gasteiger partial charge in [-0.3, -0.25) is 0 Å². The molecule has 7 heteroatoms. The number of nitrogens with zero attached hydrogens (tertiary/aromatic N) is 2. The van der Waals surface area contributed by atoms with Gasteiger partial charge in [-0.25, -0.2) is 0 Å². The third-order valence-electron chi connectivity index (χ3n) is 2.99. The number of hydrogen-bond acceptors (Lipinski definition) is 5. The zero-order valence-corrected chi connectivity index (χ0v) is 12.7. The van der Waals surface area contributed by atoms with Crippen molar-refractivity contribution in [1.29, 1.82) is 5.26 Å². The second kappa shape index (κ2) is 6.47. The summed E-state index contributed by atoms with van der Waals surface area (Å²) in [6, 6.07) is 16.0. The summed E-state index contributed by atoms with van der Waals surface area (Å²) >= 11 is 0. The summed E-state index contributed by atoms with van der Waals surface area (Å²) in [5.74, 6) is 0.173. The minimum atomic E-state index is -4.00. The lowest BCUT2D eigenvalue weighted by molar-refractivity contribution is 0.487. The van der Waals surface area contributed by atoms with Crippen molar-refractivity contribution in [1.82, 2.24) is 0 Å². The third kappa shape index (κ3) is 4.48. The normalized spacial score (nSPS) is 10.8. The zero-order valence-electron chi connectivity index (χ0n) is 11.9. The molecule has 0 aliphatic carbocycles. The van der Waals surface area contributed by atoms with E-state index >= 15 is 0 Å². The quantitative estimate of drug-likeness (QED) is 0.906. The summed E-state index contributed by atoms with van der Waals surface area (Å²) in [6.07, 6.45) is 0. The summed E-state index contributed by atoms with van der Waals surface area (Å²) in [4.78, 5) is 2.01. The number of rotatable bonds is 5. The maximum atomic E-state index is 10.8. The number of nitriles is 1. The smallest absolute Gasteiger partial charge is 0.371 e. The van der Waals surface area contributed by atoms with E-state index in [2.05, 4.69) is 10.3 Å². The average Bonchev–Trinajstić information content (AvgIpc) is 2.48. The van der Waals surface area contributed by atoms with E-state index in [4.69, 9.17) is 10.4 Å². The molecule has 0 radical (unpaired) electrons. The number of anilines is 1. The van der Waals surface area contributed by atoms with Crippen LogP contribution in [0.25, 0.3) is 0 Å². The molecule has 0 saturated carbocycles. The Morgan fingerprint density at radius 2 is 1.73 bits per heavy atom. The molecule has 2 rings (SSSR count). The standard InChI is InChI=1S/C15H15N3O3S/c1-18(14-6-2-12(10-16)3-7-14)11-13-4-8-15(9-5-13)21-22(17,19)20/h2-9H,11H2,1H3,(H2,17,19,20). The van der Waals surface area contributed by atoms with Crippen molar-refractivity contribution in [2.45, 2.75) is 6.54 Å². The third-order valence-corrected chi connectivity index (χ3v) is 3.42. The SMILES string of the molecule is CN(Cc1ccc(OS(N)(=O)=O)cc1)c1ccc(C#N)cc1. The summed E-state index contributed by atoms with van der Waals surface area (Å²) in [7, 11) is -2.07. The molecule has 0 aliphatic rings. The molecule has 0 atom stereocenters. The van der Waals surface area contributed by atoms with Crippen molar-refractivity contribution in [2.75, 3.05) is 11.9 Å². The van der Waals surface area contributed by atoms with Crippen LogP contribution in [0.5, 0.6) is 5.75 Å². The van der Waals surface area contributed by atoms with E-state index in [1.807, 2.05) is 24.1 Å². The predicted molar refractivity (Wildman–Crippen MR) is 83.4 cm³/mol. The lowest BCUT2D eigenvalue weighted by Gasteiger charge is -2.19. The van der Waals surface area contributed by atoms with Gasteiger partial charge in [0.2, 0.25) is 0 Å². The second-order valence-corrected chi connectivity index (χ2v) is 5.89. The van der Waals surface area contributed by atoms with Crippen molar-refractivity contribution in [3.05, 3.63) is 59.7 Å². The van der Waals surface area contributed by atoms with E-state index in [1.165, 1.54) is 0 Å². The molecular weight excluding hydrogens is 302 g/mol. The van der Waals surface area contributed by atoms with Crippen LogP contribution in [0.3, 0.4) is 0 Å². The Balaban J connectivity index is 2.05. The van der Waals surface area contributed by atoms with Gasteiger partial charge in [-0.05, 0) is 42.0 Å². The molecule has 2 aromatic rings. The minimum absolute atomic E-state index is 0.173. The highest BCUT2D eigenvalue weighted by molar-refractivity contribution is 7.84. The van der Waals surface area contributed by atoms with Gasteiger partial charge in [0.1, 0.15) is 5.75 Å². The largest absolute Gasteiger partial charge is 0.380 e. The van der Waals surface area contributed by atoms with Crippen LogP contribution in [0.2, 0.25) is 0 Å². The Labute approximate surface area is 129 Å². The van der Waals surface area contributed by atoms with Crippen LogP contribution in [-0.2, 0) is 16.8 Å². The van der Waals surface area contributed by atoms with Crippen LogP contribution < -0.4 is 14.2 Å². The van der Waals surface area contributed by atoms with Crippen LogP contribution in [-0.4, -0.2) is 15.5 Å². The highest BCUT2D eigenvalue weighted by Crippen LogP contribution is 2.18. The Morgan fingerprint density at radius 1 is 1.14 bits per heavy atom. The first-order valence-electron chi connectivity index (χ1n) is 6.40. The molecule has 0 saturated heterocycles. The summed E-state index contributed by atoms with van der Waals surface area (Å²) < 4.78 is 26.2. The molecule has 0 bridgehead atoms. The van der Waals surface area contributed by atoms with Crippen LogP contribution in [0, 0.1) is 11.3 Å². The fourth-order valence-corrected chi connectivity index (χ4v) is 2.32. The van der Waals surface area contributed by atoms with E-state index in [1.54, 1.807) is 36.4 Å². The summed E-state index contributed by atoms with van der Waals surface area (Å²) in [5.41, 5.74) is 2.57. The first kappa shape index (κ1) is 15.8. The fourth-order valence-electron chi connectivity index (χ4n) is 1.94. The van der Waals surface area contributed by atoms with Gasteiger partial charge >= 0.3 is 10.3 Å². The topological polar surface area (TPSA) is 96.4 Å². The van der Waals surface area contributed by atoms with Crippen LogP contribution >= 0.6 is 0 Å². The molecule has 6 nitrogen and oxygen atoms in total. The van der Waals surface area contributed by atoms with Crippen LogP contribution in [0.4, 0.5) is 5.69 Å². The van der Waals surface area contributed by atoms with Gasteiger partial charge < -0.3 is 9.08 Å². The number of benzene rings is 2. The van der Waals surface area contributed by atoms with Gasteiger partial charge in [0.25, 0.3) is 0 Å². The number of hydrogen-bond donors (Lipinski definition) is 1. The molecule has 0 heterocycles. The van der Waals surface area contributed by atoms with Gasteiger partial charge in [0.15, 0.2) is 0 Å². The van der Waals surface area contributed by atoms with Gasteiger partial charge in [-0.1, -0.05) is 12.1 Å². The van der Waals surface area contributed by atoms with Crippen molar-refractivity contribution in [3.63, 3.8) is 0 Å². The zero-order chi connectivity index (χ0) is 16.2. The molecule has 0 spiro atoms. The van der Waals surface area contributed by atoms with Crippen molar-refractivity contribution < 1.29 is 12.6 Å². The molecule has 0 aromatic heterocycles. The molecule has 0 unspecified atom stereocenters. The Kier molecular flexibility index (Phi) is 4.65. The lowest BCUT2D eigenvalue weighted by atomic mass is 10.1. The van der Waals surface area contributed by atoms with E-state index in [0.717, 1.165) is 11.3 Å². The highest BCUT2D eigenvalue weighted by Gasteiger charge is 2.06. The van der Waals surface area contributed by atoms with Crippen molar-refractivity contribution in [2.24, 2.45) is 5.14 Å². The van der Waals surface area contributed by atoms with Gasteiger partial charge in [0, 0.05) is 19.3 Å². The van der Waals surface area contributed by atoms with Gasteiger partial charge in [0.05, 0.1) is 11.6 Å². The van der Waals surface area contributed by atoms with Gasteiger partial charge in [-0.2, -0.15) is 18.8 Å². The van der Waals surface area contributed by atoms with Crippen LogP contribution in [0.15, 0.2) is 48.5 Å². The molecule has 2 N–H and O–H groups in total. The highest BCUT2D eigenvalue weighted by atomic mass is 32.2. The Hall–Kier alpha value is -2.56. The Bertz CT molecular complexity index is 778. The molecule has 0 aliphatic heterocycles. The van der Waals surface area contributed by atoms with Crippen LogP contribution in [0.1, 0.15) is 11.1 Å². The van der Waals surface area contributed by atoms with Crippen molar-refractivity contribution in [3.8, 4) is 11.8 Å². The van der Waals surface area contributed by atoms with Crippen molar-refractivity contribution >= 4 is 16.0 Å². The monoisotopic (exact) mass is 317 g/mol. The molecular formula is C15H15N3O3S. The number of nitrogens with two attached hydrogens (primary N) is 1. The lowest BCUT2D eigenvalue weighted by Crippen LogP contribution is -2.19. The maximum absolute atomic E-state index is 10.8. The maximum Gasteiger partial charge on any atom is 0.380 e. The summed E-state index contributed by atoms with van der Waals surface area (Å²) in [6.45, 7) is 0.627. The molecule has 0 fully saturated rings. The average molecular weight is 317 g/mol. The fraction of sp³-hybridized carbons (Fsp3) is 0.133.